The largest absolute Gasteiger partial charge is 0.482 e. The Balaban J connectivity index is 2.00. The number of hydrogen-bond acceptors (Lipinski definition) is 7. The highest BCUT2D eigenvalue weighted by Gasteiger charge is 2.26. The Morgan fingerprint density at radius 3 is 2.16 bits per heavy atom. The van der Waals surface area contributed by atoms with E-state index in [1.54, 1.807) is 75.4 Å². The Bertz CT molecular complexity index is 997. The lowest BCUT2D eigenvalue weighted by Gasteiger charge is -2.19. The zero-order valence-electron chi connectivity index (χ0n) is 18.7. The molecule has 0 aliphatic rings. The van der Waals surface area contributed by atoms with E-state index in [-0.39, 0.29) is 18.8 Å². The van der Waals surface area contributed by atoms with Gasteiger partial charge in [0.2, 0.25) is 10.0 Å². The maximum absolute atomic E-state index is 12.5. The number of carbonyl (C=O) groups excluding carboxylic acids is 2. The highest BCUT2D eigenvalue weighted by Crippen LogP contribution is 2.16. The van der Waals surface area contributed by atoms with Gasteiger partial charge in [0.15, 0.2) is 6.61 Å². The van der Waals surface area contributed by atoms with E-state index in [4.69, 9.17) is 14.2 Å². The molecule has 0 unspecified atom stereocenters. The SMILES string of the molecule is COC(=O)[C@H](Cc1ccc(OCC(=O)OC(C)(C)C)cc1)NS(=O)(=O)Cc1ccccc1. The molecule has 0 aromatic heterocycles. The van der Waals surface area contributed by atoms with Crippen molar-refractivity contribution in [1.29, 1.82) is 0 Å². The second-order valence-corrected chi connectivity index (χ2v) is 9.92. The van der Waals surface area contributed by atoms with Gasteiger partial charge in [-0.3, -0.25) is 4.79 Å². The molecular formula is C23H29NO7S. The molecular weight excluding hydrogens is 434 g/mol. The lowest BCUT2D eigenvalue weighted by Crippen LogP contribution is -2.43. The molecule has 0 saturated carbocycles. The van der Waals surface area contributed by atoms with E-state index in [9.17, 15) is 18.0 Å². The van der Waals surface area contributed by atoms with Crippen LogP contribution in [0.1, 0.15) is 31.9 Å². The van der Waals surface area contributed by atoms with Gasteiger partial charge in [0.25, 0.3) is 0 Å². The van der Waals surface area contributed by atoms with Gasteiger partial charge < -0.3 is 14.2 Å². The summed E-state index contributed by atoms with van der Waals surface area (Å²) in [4.78, 5) is 23.9. The molecule has 1 atom stereocenters. The maximum Gasteiger partial charge on any atom is 0.344 e. The van der Waals surface area contributed by atoms with Crippen LogP contribution in [0.25, 0.3) is 0 Å². The van der Waals surface area contributed by atoms with Crippen LogP contribution in [0.5, 0.6) is 5.75 Å². The van der Waals surface area contributed by atoms with Crippen molar-refractivity contribution in [2.45, 2.75) is 44.6 Å². The average molecular weight is 464 g/mol. The minimum Gasteiger partial charge on any atom is -0.482 e. The molecule has 0 radical (unpaired) electrons. The van der Waals surface area contributed by atoms with Crippen LogP contribution in [0.3, 0.4) is 0 Å². The van der Waals surface area contributed by atoms with E-state index < -0.39 is 33.6 Å². The van der Waals surface area contributed by atoms with Crippen molar-refractivity contribution in [1.82, 2.24) is 4.72 Å². The van der Waals surface area contributed by atoms with Crippen molar-refractivity contribution in [3.8, 4) is 5.75 Å². The van der Waals surface area contributed by atoms with Gasteiger partial charge in [-0.15, -0.1) is 0 Å². The van der Waals surface area contributed by atoms with Crippen molar-refractivity contribution in [3.05, 3.63) is 65.7 Å². The lowest BCUT2D eigenvalue weighted by atomic mass is 10.1. The van der Waals surface area contributed by atoms with Gasteiger partial charge in [-0.1, -0.05) is 42.5 Å². The van der Waals surface area contributed by atoms with Crippen LogP contribution in [0, 0.1) is 0 Å². The number of rotatable bonds is 10. The first-order chi connectivity index (χ1) is 15.0. The zero-order chi connectivity index (χ0) is 23.8. The molecule has 9 heteroatoms. The van der Waals surface area contributed by atoms with Crippen LogP contribution in [-0.4, -0.2) is 45.7 Å². The Labute approximate surface area is 188 Å². The van der Waals surface area contributed by atoms with Gasteiger partial charge in [0, 0.05) is 0 Å². The first kappa shape index (κ1) is 25.4. The number of esters is 2. The third-order valence-corrected chi connectivity index (χ3v) is 5.50. The quantitative estimate of drug-likeness (QED) is 0.540. The van der Waals surface area contributed by atoms with Crippen molar-refractivity contribution in [2.24, 2.45) is 0 Å². The summed E-state index contributed by atoms with van der Waals surface area (Å²) in [6.45, 7) is 5.07. The molecule has 2 rings (SSSR count). The summed E-state index contributed by atoms with van der Waals surface area (Å²) in [5.41, 5.74) is 0.698. The monoisotopic (exact) mass is 463 g/mol. The molecule has 0 bridgehead atoms. The standard InChI is InChI=1S/C23H29NO7S/c1-23(2,3)31-21(25)15-30-19-12-10-17(11-13-19)14-20(22(26)29-4)24-32(27,28)16-18-8-6-5-7-9-18/h5-13,20,24H,14-16H2,1-4H3/t20-/m0/s1. The third-order valence-electron chi connectivity index (χ3n) is 4.15. The lowest BCUT2D eigenvalue weighted by molar-refractivity contribution is -0.157. The number of methoxy groups -OCH3 is 1. The molecule has 0 heterocycles. The smallest absolute Gasteiger partial charge is 0.344 e. The summed E-state index contributed by atoms with van der Waals surface area (Å²) in [6.07, 6.45) is 0.0903. The Kier molecular flexibility index (Phi) is 8.80. The fraction of sp³-hybridized carbons (Fsp3) is 0.391. The molecule has 0 aliphatic carbocycles. The van der Waals surface area contributed by atoms with Crippen LogP contribution in [0.4, 0.5) is 0 Å². The second-order valence-electron chi connectivity index (χ2n) is 8.16. The molecule has 0 aliphatic heterocycles. The van der Waals surface area contributed by atoms with Gasteiger partial charge in [0.05, 0.1) is 12.9 Å². The van der Waals surface area contributed by atoms with Crippen molar-refractivity contribution >= 4 is 22.0 Å². The molecule has 0 spiro atoms. The number of benzene rings is 2. The summed E-state index contributed by atoms with van der Waals surface area (Å²) < 4.78 is 42.9. The fourth-order valence-electron chi connectivity index (χ4n) is 2.84. The summed E-state index contributed by atoms with van der Waals surface area (Å²) in [5, 5.41) is 0. The van der Waals surface area contributed by atoms with E-state index in [0.717, 1.165) is 0 Å². The van der Waals surface area contributed by atoms with E-state index in [1.165, 1.54) is 7.11 Å². The Morgan fingerprint density at radius 1 is 0.969 bits per heavy atom. The number of ether oxygens (including phenoxy) is 3. The Hall–Kier alpha value is -2.91. The predicted octanol–water partition coefficient (Wildman–Crippen LogP) is 2.61. The molecule has 0 amide bonds. The van der Waals surface area contributed by atoms with E-state index in [2.05, 4.69) is 4.72 Å². The molecule has 174 valence electrons. The summed E-state index contributed by atoms with van der Waals surface area (Å²) in [5.74, 6) is -0.982. The predicted molar refractivity (Wildman–Crippen MR) is 119 cm³/mol. The van der Waals surface area contributed by atoms with Crippen LogP contribution in [0.2, 0.25) is 0 Å². The van der Waals surface area contributed by atoms with E-state index in [1.807, 2.05) is 0 Å². The number of hydrogen-bond donors (Lipinski definition) is 1. The van der Waals surface area contributed by atoms with Crippen LogP contribution >= 0.6 is 0 Å². The third kappa shape index (κ3) is 9.07. The van der Waals surface area contributed by atoms with Gasteiger partial charge in [-0.25, -0.2) is 17.9 Å². The average Bonchev–Trinajstić information content (AvgIpc) is 2.71. The minimum atomic E-state index is -3.78. The highest BCUT2D eigenvalue weighted by atomic mass is 32.2. The van der Waals surface area contributed by atoms with Crippen molar-refractivity contribution in [2.75, 3.05) is 13.7 Å². The van der Waals surface area contributed by atoms with Crippen molar-refractivity contribution in [3.63, 3.8) is 0 Å². The maximum atomic E-state index is 12.5. The van der Waals surface area contributed by atoms with Crippen LogP contribution in [-0.2, 0) is 41.3 Å². The van der Waals surface area contributed by atoms with Crippen LogP contribution < -0.4 is 9.46 Å². The van der Waals surface area contributed by atoms with E-state index in [0.29, 0.717) is 16.9 Å². The molecule has 2 aromatic carbocycles. The minimum absolute atomic E-state index is 0.0903. The van der Waals surface area contributed by atoms with Gasteiger partial charge in [-0.2, -0.15) is 0 Å². The molecule has 2 aromatic rings. The first-order valence-electron chi connectivity index (χ1n) is 10.0. The fourth-order valence-corrected chi connectivity index (χ4v) is 4.17. The van der Waals surface area contributed by atoms with Gasteiger partial charge >= 0.3 is 11.9 Å². The van der Waals surface area contributed by atoms with Gasteiger partial charge in [-0.05, 0) is 50.5 Å². The van der Waals surface area contributed by atoms with Crippen molar-refractivity contribution < 1.29 is 32.2 Å². The normalized spacial score (nSPS) is 12.6. The topological polar surface area (TPSA) is 108 Å². The summed E-state index contributed by atoms with van der Waals surface area (Å²) in [7, 11) is -2.57. The van der Waals surface area contributed by atoms with Crippen LogP contribution in [0.15, 0.2) is 54.6 Å². The molecule has 0 saturated heterocycles. The Morgan fingerprint density at radius 2 is 1.59 bits per heavy atom. The van der Waals surface area contributed by atoms with Gasteiger partial charge in [0.1, 0.15) is 17.4 Å². The van der Waals surface area contributed by atoms with E-state index >= 15 is 0 Å². The number of nitrogens with one attached hydrogen (secondary N) is 1. The second kappa shape index (κ2) is 11.1. The zero-order valence-corrected chi connectivity index (χ0v) is 19.5. The number of carbonyl (C=O) groups is 2. The summed E-state index contributed by atoms with van der Waals surface area (Å²) in [6, 6.07) is 14.2. The molecule has 8 nitrogen and oxygen atoms in total. The molecule has 32 heavy (non-hydrogen) atoms. The first-order valence-corrected chi connectivity index (χ1v) is 11.7. The highest BCUT2D eigenvalue weighted by molar-refractivity contribution is 7.88. The molecule has 0 fully saturated rings. The number of sulfonamides is 1. The summed E-state index contributed by atoms with van der Waals surface area (Å²) >= 11 is 0. The molecule has 1 N–H and O–H groups in total.